The van der Waals surface area contributed by atoms with Crippen molar-refractivity contribution in [2.75, 3.05) is 31.5 Å². The minimum atomic E-state index is -0.659. The number of nitro groups is 1. The number of hydrogen-bond acceptors (Lipinski definition) is 6. The number of anilines is 1. The average Bonchev–Trinajstić information content (AvgIpc) is 2.74. The van der Waals surface area contributed by atoms with Crippen LogP contribution in [0.15, 0.2) is 66.4 Å². The van der Waals surface area contributed by atoms with Gasteiger partial charge in [0.15, 0.2) is 0 Å². The van der Waals surface area contributed by atoms with Crippen LogP contribution in [0.4, 0.5) is 11.4 Å². The number of nitrogens with one attached hydrogen (secondary N) is 1. The van der Waals surface area contributed by atoms with Crippen LogP contribution in [0.25, 0.3) is 0 Å². The van der Waals surface area contributed by atoms with E-state index in [-0.39, 0.29) is 16.9 Å². The van der Waals surface area contributed by atoms with Gasteiger partial charge in [-0.15, -0.1) is 0 Å². The van der Waals surface area contributed by atoms with E-state index < -0.39 is 10.8 Å². The van der Waals surface area contributed by atoms with E-state index in [9.17, 15) is 20.2 Å². The van der Waals surface area contributed by atoms with E-state index >= 15 is 0 Å². The minimum absolute atomic E-state index is 0.0660. The minimum Gasteiger partial charge on any atom is -0.374 e. The van der Waals surface area contributed by atoms with Gasteiger partial charge in [-0.05, 0) is 11.6 Å². The number of benzene rings is 2. The first-order valence-electron chi connectivity index (χ1n) is 9.24. The summed E-state index contributed by atoms with van der Waals surface area (Å²) in [5.74, 6) is -0.659. The van der Waals surface area contributed by atoms with Gasteiger partial charge < -0.3 is 10.2 Å². The molecule has 1 saturated heterocycles. The molecule has 3 rings (SSSR count). The first kappa shape index (κ1) is 20.0. The van der Waals surface area contributed by atoms with Gasteiger partial charge in [0.25, 0.3) is 11.6 Å². The fourth-order valence-electron chi connectivity index (χ4n) is 3.14. The number of carbonyl (C=O) groups is 1. The zero-order chi connectivity index (χ0) is 20.6. The van der Waals surface area contributed by atoms with E-state index in [1.54, 1.807) is 6.07 Å². The lowest BCUT2D eigenvalue weighted by molar-refractivity contribution is -0.383. The number of para-hydroxylation sites is 2. The molecule has 0 saturated carbocycles. The Morgan fingerprint density at radius 1 is 1.10 bits per heavy atom. The third-order valence-electron chi connectivity index (χ3n) is 4.68. The summed E-state index contributed by atoms with van der Waals surface area (Å²) in [5.41, 5.74) is 1.02. The van der Waals surface area contributed by atoms with Crippen molar-refractivity contribution in [3.05, 3.63) is 82.0 Å². The lowest BCUT2D eigenvalue weighted by Gasteiger charge is -2.34. The lowest BCUT2D eigenvalue weighted by Crippen LogP contribution is -2.43. The van der Waals surface area contributed by atoms with Crippen LogP contribution in [0.1, 0.15) is 5.56 Å². The molecular weight excluding hydrogens is 370 g/mol. The number of nitrogens with zero attached hydrogens (tertiary/aromatic N) is 4. The fourth-order valence-corrected chi connectivity index (χ4v) is 3.14. The Morgan fingerprint density at radius 2 is 1.76 bits per heavy atom. The van der Waals surface area contributed by atoms with Crippen LogP contribution in [-0.2, 0) is 11.3 Å². The van der Waals surface area contributed by atoms with Crippen LogP contribution in [0, 0.1) is 21.4 Å². The Morgan fingerprint density at radius 3 is 2.41 bits per heavy atom. The van der Waals surface area contributed by atoms with Gasteiger partial charge in [-0.1, -0.05) is 42.5 Å². The summed E-state index contributed by atoms with van der Waals surface area (Å²) < 4.78 is 0. The van der Waals surface area contributed by atoms with Gasteiger partial charge in [-0.25, -0.2) is 0 Å². The highest BCUT2D eigenvalue weighted by Crippen LogP contribution is 2.23. The average molecular weight is 391 g/mol. The van der Waals surface area contributed by atoms with Crippen LogP contribution < -0.4 is 5.32 Å². The molecule has 0 radical (unpaired) electrons. The monoisotopic (exact) mass is 391 g/mol. The van der Waals surface area contributed by atoms with E-state index in [0.29, 0.717) is 13.1 Å². The fraction of sp³-hybridized carbons (Fsp3) is 0.238. The number of rotatable bonds is 6. The highest BCUT2D eigenvalue weighted by atomic mass is 16.6. The number of amides is 1. The van der Waals surface area contributed by atoms with E-state index in [2.05, 4.69) is 22.3 Å². The van der Waals surface area contributed by atoms with Crippen LogP contribution in [0.3, 0.4) is 0 Å². The van der Waals surface area contributed by atoms with Crippen molar-refractivity contribution < 1.29 is 9.72 Å². The summed E-state index contributed by atoms with van der Waals surface area (Å²) >= 11 is 0. The van der Waals surface area contributed by atoms with Crippen molar-refractivity contribution in [2.45, 2.75) is 6.54 Å². The zero-order valence-electron chi connectivity index (χ0n) is 15.8. The molecule has 1 fully saturated rings. The maximum Gasteiger partial charge on any atom is 0.292 e. The standard InChI is InChI=1S/C21H21N5O3/c22-14-18(21(27)23-19-8-4-5-9-20(19)26(28)29)16-25-12-10-24(11-13-25)15-17-6-2-1-3-7-17/h1-9,16H,10-13,15H2,(H,23,27)/b18-16-. The van der Waals surface area contributed by atoms with Crippen molar-refractivity contribution in [2.24, 2.45) is 0 Å². The summed E-state index contributed by atoms with van der Waals surface area (Å²) in [6.45, 7) is 3.88. The number of hydrogen-bond donors (Lipinski definition) is 1. The number of nitriles is 1. The summed E-state index contributed by atoms with van der Waals surface area (Å²) in [4.78, 5) is 27.2. The second-order valence-electron chi connectivity index (χ2n) is 6.68. The van der Waals surface area contributed by atoms with E-state index in [4.69, 9.17) is 0 Å². The van der Waals surface area contributed by atoms with Gasteiger partial charge in [0.2, 0.25) is 0 Å². The number of nitro benzene ring substituents is 1. The summed E-state index contributed by atoms with van der Waals surface area (Å²) in [7, 11) is 0. The molecule has 0 aromatic heterocycles. The number of piperazine rings is 1. The van der Waals surface area contributed by atoms with E-state index in [1.165, 1.54) is 30.0 Å². The molecule has 8 heteroatoms. The molecule has 0 aliphatic carbocycles. The molecule has 1 heterocycles. The highest BCUT2D eigenvalue weighted by Gasteiger charge is 2.20. The summed E-state index contributed by atoms with van der Waals surface area (Å²) in [6.07, 6.45) is 1.53. The van der Waals surface area contributed by atoms with Crippen molar-refractivity contribution in [1.82, 2.24) is 9.80 Å². The van der Waals surface area contributed by atoms with Crippen molar-refractivity contribution >= 4 is 17.3 Å². The van der Waals surface area contributed by atoms with Crippen LogP contribution in [0.5, 0.6) is 0 Å². The molecule has 1 aliphatic heterocycles. The van der Waals surface area contributed by atoms with Gasteiger partial charge in [-0.3, -0.25) is 19.8 Å². The summed E-state index contributed by atoms with van der Waals surface area (Å²) in [5, 5.41) is 22.9. The molecule has 0 unspecified atom stereocenters. The Balaban J connectivity index is 1.60. The molecule has 0 bridgehead atoms. The maximum absolute atomic E-state index is 12.4. The third kappa shape index (κ3) is 5.40. The Labute approximate surface area is 168 Å². The van der Waals surface area contributed by atoms with Crippen LogP contribution >= 0.6 is 0 Å². The third-order valence-corrected chi connectivity index (χ3v) is 4.68. The van der Waals surface area contributed by atoms with Gasteiger partial charge in [0.1, 0.15) is 17.3 Å². The molecule has 2 aromatic rings. The molecular formula is C21H21N5O3. The van der Waals surface area contributed by atoms with E-state index in [0.717, 1.165) is 19.6 Å². The summed E-state index contributed by atoms with van der Waals surface area (Å²) in [6, 6.07) is 17.9. The second-order valence-corrected chi connectivity index (χ2v) is 6.68. The molecule has 0 spiro atoms. The molecule has 148 valence electrons. The zero-order valence-corrected chi connectivity index (χ0v) is 15.8. The van der Waals surface area contributed by atoms with Gasteiger partial charge in [0.05, 0.1) is 4.92 Å². The predicted molar refractivity (Wildman–Crippen MR) is 109 cm³/mol. The second kappa shape index (κ2) is 9.48. The highest BCUT2D eigenvalue weighted by molar-refractivity contribution is 6.07. The molecule has 2 aromatic carbocycles. The molecule has 8 nitrogen and oxygen atoms in total. The van der Waals surface area contributed by atoms with Gasteiger partial charge in [0, 0.05) is 45.0 Å². The van der Waals surface area contributed by atoms with E-state index in [1.807, 2.05) is 29.2 Å². The quantitative estimate of drug-likeness (QED) is 0.352. The maximum atomic E-state index is 12.4. The topological polar surface area (TPSA) is 103 Å². The predicted octanol–water partition coefficient (Wildman–Crippen LogP) is 2.76. The Bertz CT molecular complexity index is 944. The number of carbonyl (C=O) groups excluding carboxylic acids is 1. The van der Waals surface area contributed by atoms with Crippen molar-refractivity contribution in [3.63, 3.8) is 0 Å². The van der Waals surface area contributed by atoms with Gasteiger partial charge in [-0.2, -0.15) is 5.26 Å². The molecule has 0 atom stereocenters. The lowest BCUT2D eigenvalue weighted by atomic mass is 10.2. The van der Waals surface area contributed by atoms with Crippen molar-refractivity contribution in [1.29, 1.82) is 5.26 Å². The molecule has 1 amide bonds. The molecule has 1 aliphatic rings. The Hall–Kier alpha value is -3.70. The SMILES string of the molecule is N#C/C(=C/N1CCN(Cc2ccccc2)CC1)C(=O)Nc1ccccc1[N+](=O)[O-]. The smallest absolute Gasteiger partial charge is 0.292 e. The first-order valence-corrected chi connectivity index (χ1v) is 9.24. The Kier molecular flexibility index (Phi) is 6.55. The largest absolute Gasteiger partial charge is 0.374 e. The molecule has 29 heavy (non-hydrogen) atoms. The van der Waals surface area contributed by atoms with Crippen LogP contribution in [0.2, 0.25) is 0 Å². The van der Waals surface area contributed by atoms with Crippen LogP contribution in [-0.4, -0.2) is 46.8 Å². The first-order chi connectivity index (χ1) is 14.1. The molecule has 1 N–H and O–H groups in total. The van der Waals surface area contributed by atoms with Crippen molar-refractivity contribution in [3.8, 4) is 6.07 Å². The normalized spacial score (nSPS) is 14.9. The van der Waals surface area contributed by atoms with Gasteiger partial charge >= 0.3 is 0 Å².